The molecule has 3 N–H and O–H groups in total. The van der Waals surface area contributed by atoms with Crippen molar-refractivity contribution in [3.05, 3.63) is 29.8 Å². The van der Waals surface area contributed by atoms with Gasteiger partial charge in [0.2, 0.25) is 0 Å². The van der Waals surface area contributed by atoms with Crippen molar-refractivity contribution in [2.75, 3.05) is 45.9 Å². The van der Waals surface area contributed by atoms with Crippen LogP contribution in [0.25, 0.3) is 0 Å². The SMILES string of the molecule is CC[NH+]1CC[NH+](C[C@@H](O)COc2ccccc2C(C)(C)C)CC1. The van der Waals surface area contributed by atoms with Gasteiger partial charge in [0.1, 0.15) is 51.2 Å². The second-order valence-electron chi connectivity index (χ2n) is 7.77. The summed E-state index contributed by atoms with van der Waals surface area (Å²) in [5, 5.41) is 10.3. The minimum absolute atomic E-state index is 0.0477. The quantitative estimate of drug-likeness (QED) is 0.662. The zero-order valence-electron chi connectivity index (χ0n) is 15.2. The molecule has 1 aliphatic heterocycles. The molecule has 0 spiro atoms. The Bertz CT molecular complexity index is 477. The predicted molar refractivity (Wildman–Crippen MR) is 93.4 cm³/mol. The number of aliphatic hydroxyl groups is 1. The molecular weight excluding hydrogens is 288 g/mol. The van der Waals surface area contributed by atoms with E-state index in [9.17, 15) is 5.11 Å². The molecule has 0 bridgehead atoms. The first-order valence-electron chi connectivity index (χ1n) is 8.97. The van der Waals surface area contributed by atoms with Crippen molar-refractivity contribution >= 4 is 0 Å². The highest BCUT2D eigenvalue weighted by Gasteiger charge is 2.24. The van der Waals surface area contributed by atoms with Gasteiger partial charge < -0.3 is 19.6 Å². The van der Waals surface area contributed by atoms with Gasteiger partial charge in [-0.15, -0.1) is 0 Å². The molecule has 0 radical (unpaired) electrons. The van der Waals surface area contributed by atoms with Crippen LogP contribution in [0.1, 0.15) is 33.3 Å². The van der Waals surface area contributed by atoms with Crippen LogP contribution >= 0.6 is 0 Å². The van der Waals surface area contributed by atoms with Crippen molar-refractivity contribution in [2.45, 2.75) is 39.2 Å². The topological polar surface area (TPSA) is 38.3 Å². The van der Waals surface area contributed by atoms with Crippen molar-refractivity contribution < 1.29 is 19.6 Å². The first kappa shape index (κ1) is 18.2. The van der Waals surface area contributed by atoms with Crippen molar-refractivity contribution in [1.29, 1.82) is 0 Å². The van der Waals surface area contributed by atoms with Crippen LogP contribution in [0, 0.1) is 0 Å². The summed E-state index contributed by atoms with van der Waals surface area (Å²) in [6, 6.07) is 8.15. The van der Waals surface area contributed by atoms with E-state index in [4.69, 9.17) is 4.74 Å². The molecule has 0 aliphatic carbocycles. The van der Waals surface area contributed by atoms with Gasteiger partial charge in [0.15, 0.2) is 0 Å². The average molecular weight is 322 g/mol. The maximum absolute atomic E-state index is 10.3. The van der Waals surface area contributed by atoms with Crippen LogP contribution < -0.4 is 14.5 Å². The number of aliphatic hydroxyl groups excluding tert-OH is 1. The molecule has 2 rings (SSSR count). The fourth-order valence-corrected chi connectivity index (χ4v) is 3.31. The number of likely N-dealkylation sites (N-methyl/N-ethyl adjacent to an activating group) is 1. The number of hydrogen-bond acceptors (Lipinski definition) is 2. The van der Waals surface area contributed by atoms with Crippen LogP contribution in [-0.2, 0) is 5.41 Å². The molecule has 4 heteroatoms. The number of quaternary nitrogens is 2. The number of nitrogens with one attached hydrogen (secondary N) is 2. The van der Waals surface area contributed by atoms with Gasteiger partial charge in [-0.05, 0) is 24.0 Å². The lowest BCUT2D eigenvalue weighted by atomic mass is 9.86. The van der Waals surface area contributed by atoms with E-state index in [1.807, 2.05) is 18.2 Å². The molecule has 1 fully saturated rings. The predicted octanol–water partition coefficient (Wildman–Crippen LogP) is -0.473. The Hall–Kier alpha value is -1.10. The molecule has 23 heavy (non-hydrogen) atoms. The summed E-state index contributed by atoms with van der Waals surface area (Å²) in [7, 11) is 0. The minimum Gasteiger partial charge on any atom is -0.490 e. The van der Waals surface area contributed by atoms with Crippen LogP contribution in [0.4, 0.5) is 0 Å². The van der Waals surface area contributed by atoms with E-state index in [1.54, 1.807) is 4.90 Å². The molecule has 130 valence electrons. The van der Waals surface area contributed by atoms with Gasteiger partial charge in [-0.1, -0.05) is 39.0 Å². The lowest BCUT2D eigenvalue weighted by Gasteiger charge is -2.30. The minimum atomic E-state index is -0.402. The molecule has 1 atom stereocenters. The fraction of sp³-hybridized carbons (Fsp3) is 0.684. The summed E-state index contributed by atoms with van der Waals surface area (Å²) in [5.41, 5.74) is 1.24. The van der Waals surface area contributed by atoms with Gasteiger partial charge in [0.05, 0.1) is 6.54 Å². The van der Waals surface area contributed by atoms with Gasteiger partial charge in [0, 0.05) is 0 Å². The number of para-hydroxylation sites is 1. The first-order valence-corrected chi connectivity index (χ1v) is 8.97. The van der Waals surface area contributed by atoms with E-state index in [1.165, 1.54) is 30.1 Å². The highest BCUT2D eigenvalue weighted by atomic mass is 16.5. The summed E-state index contributed by atoms with van der Waals surface area (Å²) in [6.45, 7) is 15.9. The highest BCUT2D eigenvalue weighted by molar-refractivity contribution is 5.38. The Morgan fingerprint density at radius 1 is 1.09 bits per heavy atom. The lowest BCUT2D eigenvalue weighted by molar-refractivity contribution is -1.01. The number of hydrogen-bond donors (Lipinski definition) is 3. The molecule has 4 nitrogen and oxygen atoms in total. The maximum atomic E-state index is 10.3. The number of ether oxygens (including phenoxy) is 1. The largest absolute Gasteiger partial charge is 0.490 e. The number of rotatable bonds is 6. The summed E-state index contributed by atoms with van der Waals surface area (Å²) < 4.78 is 5.94. The van der Waals surface area contributed by atoms with Gasteiger partial charge in [0.25, 0.3) is 0 Å². The second kappa shape index (κ2) is 8.13. The van der Waals surface area contributed by atoms with Crippen molar-refractivity contribution in [2.24, 2.45) is 0 Å². The smallest absolute Gasteiger partial charge is 0.137 e. The molecule has 1 aromatic carbocycles. The van der Waals surface area contributed by atoms with Gasteiger partial charge >= 0.3 is 0 Å². The molecule has 0 aromatic heterocycles. The van der Waals surface area contributed by atoms with E-state index in [0.29, 0.717) is 6.61 Å². The maximum Gasteiger partial charge on any atom is 0.137 e. The third-order valence-corrected chi connectivity index (χ3v) is 4.81. The Balaban J connectivity index is 1.82. The summed E-state index contributed by atoms with van der Waals surface area (Å²) in [5.74, 6) is 0.897. The Labute approximate surface area is 141 Å². The van der Waals surface area contributed by atoms with Gasteiger partial charge in [-0.25, -0.2) is 0 Å². The monoisotopic (exact) mass is 322 g/mol. The fourth-order valence-electron chi connectivity index (χ4n) is 3.31. The van der Waals surface area contributed by atoms with E-state index < -0.39 is 6.10 Å². The first-order chi connectivity index (χ1) is 10.9. The average Bonchev–Trinajstić information content (AvgIpc) is 2.53. The van der Waals surface area contributed by atoms with Gasteiger partial charge in [-0.2, -0.15) is 0 Å². The molecule has 1 aliphatic rings. The highest BCUT2D eigenvalue weighted by Crippen LogP contribution is 2.30. The Morgan fingerprint density at radius 2 is 1.70 bits per heavy atom. The lowest BCUT2D eigenvalue weighted by Crippen LogP contribution is -3.28. The number of piperazine rings is 1. The molecule has 1 heterocycles. The zero-order valence-corrected chi connectivity index (χ0v) is 15.2. The Kier molecular flexibility index (Phi) is 6.45. The molecule has 0 amide bonds. The van der Waals surface area contributed by atoms with E-state index in [0.717, 1.165) is 25.4 Å². The van der Waals surface area contributed by atoms with Crippen LogP contribution in [0.2, 0.25) is 0 Å². The van der Waals surface area contributed by atoms with Crippen molar-refractivity contribution in [1.82, 2.24) is 0 Å². The van der Waals surface area contributed by atoms with Crippen molar-refractivity contribution in [3.63, 3.8) is 0 Å². The molecule has 0 saturated carbocycles. The Morgan fingerprint density at radius 3 is 2.30 bits per heavy atom. The summed E-state index contributed by atoms with van der Waals surface area (Å²) >= 11 is 0. The van der Waals surface area contributed by atoms with Crippen LogP contribution in [0.3, 0.4) is 0 Å². The van der Waals surface area contributed by atoms with E-state index >= 15 is 0 Å². The summed E-state index contributed by atoms with van der Waals surface area (Å²) in [4.78, 5) is 3.18. The molecule has 0 unspecified atom stereocenters. The van der Waals surface area contributed by atoms with Gasteiger partial charge in [-0.3, -0.25) is 0 Å². The normalized spacial score (nSPS) is 23.5. The number of benzene rings is 1. The third kappa shape index (κ3) is 5.48. The molecular formula is C19H34N2O2+2. The summed E-state index contributed by atoms with van der Waals surface area (Å²) in [6.07, 6.45) is -0.402. The second-order valence-corrected chi connectivity index (χ2v) is 7.77. The third-order valence-electron chi connectivity index (χ3n) is 4.81. The molecule has 1 aromatic rings. The van der Waals surface area contributed by atoms with Crippen LogP contribution in [-0.4, -0.2) is 57.1 Å². The standard InChI is InChI=1S/C19H32N2O2/c1-5-20-10-12-21(13-11-20)14-16(22)15-23-18-9-7-6-8-17(18)19(2,3)4/h6-9,16,22H,5,10-15H2,1-4H3/p+2/t16-/m1/s1. The zero-order chi connectivity index (χ0) is 16.9. The van der Waals surface area contributed by atoms with E-state index in [2.05, 4.69) is 33.8 Å². The molecule has 1 saturated heterocycles. The van der Waals surface area contributed by atoms with E-state index in [-0.39, 0.29) is 5.41 Å². The van der Waals surface area contributed by atoms with Crippen LogP contribution in [0.5, 0.6) is 5.75 Å². The van der Waals surface area contributed by atoms with Crippen molar-refractivity contribution in [3.8, 4) is 5.75 Å². The van der Waals surface area contributed by atoms with Crippen LogP contribution in [0.15, 0.2) is 24.3 Å².